The lowest BCUT2D eigenvalue weighted by Gasteiger charge is -2.06. The molecule has 1 heterocycles. The fourth-order valence-corrected chi connectivity index (χ4v) is 2.51. The second-order valence-corrected chi connectivity index (χ2v) is 5.70. The smallest absolute Gasteiger partial charge is 0.303 e. The molecule has 0 spiro atoms. The lowest BCUT2D eigenvalue weighted by Crippen LogP contribution is -2.24. The van der Waals surface area contributed by atoms with Crippen LogP contribution in [0, 0.1) is 6.92 Å². The van der Waals surface area contributed by atoms with Crippen molar-refractivity contribution >= 4 is 11.9 Å². The average Bonchev–Trinajstić information content (AvgIpc) is 2.96. The number of carboxylic acids is 1. The number of carbonyl (C=O) groups is 2. The zero-order valence-electron chi connectivity index (χ0n) is 13.9. The van der Waals surface area contributed by atoms with E-state index < -0.39 is 5.97 Å². The summed E-state index contributed by atoms with van der Waals surface area (Å²) in [5, 5.41) is 15.7. The molecular formula is C18H23N3O3. The van der Waals surface area contributed by atoms with E-state index in [0.29, 0.717) is 18.5 Å². The zero-order valence-corrected chi connectivity index (χ0v) is 13.9. The molecule has 0 atom stereocenters. The van der Waals surface area contributed by atoms with E-state index in [2.05, 4.69) is 10.4 Å². The highest BCUT2D eigenvalue weighted by molar-refractivity contribution is 5.95. The number of carbonyl (C=O) groups excluding carboxylic acids is 1. The number of aliphatic carboxylic acids is 1. The van der Waals surface area contributed by atoms with Crippen LogP contribution in [0.3, 0.4) is 0 Å². The van der Waals surface area contributed by atoms with E-state index in [1.165, 1.54) is 0 Å². The van der Waals surface area contributed by atoms with E-state index in [-0.39, 0.29) is 12.3 Å². The maximum atomic E-state index is 12.2. The van der Waals surface area contributed by atoms with Crippen molar-refractivity contribution in [2.45, 2.75) is 39.0 Å². The van der Waals surface area contributed by atoms with Crippen molar-refractivity contribution < 1.29 is 14.7 Å². The summed E-state index contributed by atoms with van der Waals surface area (Å²) in [7, 11) is 0. The van der Waals surface area contributed by atoms with Gasteiger partial charge in [-0.05, 0) is 31.9 Å². The van der Waals surface area contributed by atoms with E-state index in [0.717, 1.165) is 30.6 Å². The number of aromatic nitrogens is 2. The van der Waals surface area contributed by atoms with Gasteiger partial charge in [-0.1, -0.05) is 31.0 Å². The predicted octanol–water partition coefficient (Wildman–Crippen LogP) is 2.95. The van der Waals surface area contributed by atoms with Crippen LogP contribution >= 0.6 is 0 Å². The minimum absolute atomic E-state index is 0.125. The second kappa shape index (κ2) is 8.86. The Labute approximate surface area is 141 Å². The van der Waals surface area contributed by atoms with Crippen molar-refractivity contribution in [3.63, 3.8) is 0 Å². The SMILES string of the molecule is Cc1c(C(=O)NCCCCCCC(=O)O)cnn1-c1ccccc1. The first kappa shape index (κ1) is 17.7. The number of hydrogen-bond acceptors (Lipinski definition) is 3. The summed E-state index contributed by atoms with van der Waals surface area (Å²) < 4.78 is 1.75. The van der Waals surface area contributed by atoms with Gasteiger partial charge in [0, 0.05) is 13.0 Å². The van der Waals surface area contributed by atoms with Gasteiger partial charge in [0.15, 0.2) is 0 Å². The summed E-state index contributed by atoms with van der Waals surface area (Å²) in [6.07, 6.45) is 5.11. The molecule has 0 radical (unpaired) electrons. The van der Waals surface area contributed by atoms with E-state index in [9.17, 15) is 9.59 Å². The molecule has 6 nitrogen and oxygen atoms in total. The van der Waals surface area contributed by atoms with Crippen LogP contribution in [0.15, 0.2) is 36.5 Å². The molecule has 128 valence electrons. The summed E-state index contributed by atoms with van der Waals surface area (Å²) in [4.78, 5) is 22.7. The van der Waals surface area contributed by atoms with Gasteiger partial charge in [-0.3, -0.25) is 9.59 Å². The van der Waals surface area contributed by atoms with Gasteiger partial charge in [-0.15, -0.1) is 0 Å². The Morgan fingerprint density at radius 2 is 1.83 bits per heavy atom. The van der Waals surface area contributed by atoms with Crippen LogP contribution in [0.25, 0.3) is 5.69 Å². The van der Waals surface area contributed by atoms with Gasteiger partial charge in [0.2, 0.25) is 0 Å². The number of benzene rings is 1. The molecular weight excluding hydrogens is 306 g/mol. The summed E-state index contributed by atoms with van der Waals surface area (Å²) in [5.41, 5.74) is 2.30. The minimum Gasteiger partial charge on any atom is -0.481 e. The van der Waals surface area contributed by atoms with Crippen molar-refractivity contribution in [1.29, 1.82) is 0 Å². The third kappa shape index (κ3) is 4.94. The first-order valence-corrected chi connectivity index (χ1v) is 8.19. The van der Waals surface area contributed by atoms with Gasteiger partial charge in [0.05, 0.1) is 23.1 Å². The predicted molar refractivity (Wildman–Crippen MR) is 91.4 cm³/mol. The number of hydrogen-bond donors (Lipinski definition) is 2. The molecule has 1 aromatic carbocycles. The number of unbranched alkanes of at least 4 members (excludes halogenated alkanes) is 3. The largest absolute Gasteiger partial charge is 0.481 e. The Kier molecular flexibility index (Phi) is 6.54. The van der Waals surface area contributed by atoms with Gasteiger partial charge in [-0.2, -0.15) is 5.10 Å². The van der Waals surface area contributed by atoms with Gasteiger partial charge in [-0.25, -0.2) is 4.68 Å². The van der Waals surface area contributed by atoms with Crippen LogP contribution in [0.4, 0.5) is 0 Å². The fourth-order valence-electron chi connectivity index (χ4n) is 2.51. The number of rotatable bonds is 9. The van der Waals surface area contributed by atoms with Gasteiger partial charge in [0.1, 0.15) is 0 Å². The third-order valence-corrected chi connectivity index (χ3v) is 3.86. The Morgan fingerprint density at radius 3 is 2.54 bits per heavy atom. The maximum absolute atomic E-state index is 12.2. The highest BCUT2D eigenvalue weighted by Crippen LogP contribution is 2.13. The monoisotopic (exact) mass is 329 g/mol. The van der Waals surface area contributed by atoms with Crippen molar-refractivity contribution in [1.82, 2.24) is 15.1 Å². The lowest BCUT2D eigenvalue weighted by atomic mass is 10.1. The van der Waals surface area contributed by atoms with Gasteiger partial charge < -0.3 is 10.4 Å². The number of nitrogens with one attached hydrogen (secondary N) is 1. The number of amides is 1. The molecule has 0 aliphatic heterocycles. The van der Waals surface area contributed by atoms with E-state index in [1.807, 2.05) is 37.3 Å². The average molecular weight is 329 g/mol. The highest BCUT2D eigenvalue weighted by Gasteiger charge is 2.14. The van der Waals surface area contributed by atoms with Crippen molar-refractivity contribution in [3.8, 4) is 5.69 Å². The van der Waals surface area contributed by atoms with Crippen molar-refractivity contribution in [2.75, 3.05) is 6.54 Å². The third-order valence-electron chi connectivity index (χ3n) is 3.86. The summed E-state index contributed by atoms with van der Waals surface area (Å²) in [6, 6.07) is 9.69. The first-order valence-electron chi connectivity index (χ1n) is 8.19. The standard InChI is InChI=1S/C18H23N3O3/c1-14-16(13-20-21(14)15-9-5-4-6-10-15)18(24)19-12-8-3-2-7-11-17(22)23/h4-6,9-10,13H,2-3,7-8,11-12H2,1H3,(H,19,24)(H,22,23). The molecule has 0 aliphatic rings. The molecule has 2 rings (SSSR count). The summed E-state index contributed by atoms with van der Waals surface area (Å²) in [6.45, 7) is 2.46. The van der Waals surface area contributed by atoms with Gasteiger partial charge in [0.25, 0.3) is 5.91 Å². The Morgan fingerprint density at radius 1 is 1.12 bits per heavy atom. The topological polar surface area (TPSA) is 84.2 Å². The van der Waals surface area contributed by atoms with Crippen LogP contribution in [-0.2, 0) is 4.79 Å². The molecule has 0 bridgehead atoms. The first-order chi connectivity index (χ1) is 11.6. The molecule has 0 fully saturated rings. The number of para-hydroxylation sites is 1. The lowest BCUT2D eigenvalue weighted by molar-refractivity contribution is -0.137. The van der Waals surface area contributed by atoms with Gasteiger partial charge >= 0.3 is 5.97 Å². The van der Waals surface area contributed by atoms with Crippen LogP contribution in [0.2, 0.25) is 0 Å². The van der Waals surface area contributed by atoms with Crippen LogP contribution in [0.5, 0.6) is 0 Å². The van der Waals surface area contributed by atoms with E-state index in [4.69, 9.17) is 5.11 Å². The zero-order chi connectivity index (χ0) is 17.4. The van der Waals surface area contributed by atoms with Crippen molar-refractivity contribution in [3.05, 3.63) is 47.8 Å². The molecule has 0 unspecified atom stereocenters. The second-order valence-electron chi connectivity index (χ2n) is 5.70. The normalized spacial score (nSPS) is 10.5. The molecule has 0 saturated heterocycles. The molecule has 6 heteroatoms. The van der Waals surface area contributed by atoms with E-state index in [1.54, 1.807) is 10.9 Å². The summed E-state index contributed by atoms with van der Waals surface area (Å²) >= 11 is 0. The van der Waals surface area contributed by atoms with Crippen LogP contribution in [0.1, 0.15) is 48.2 Å². The van der Waals surface area contributed by atoms with E-state index >= 15 is 0 Å². The molecule has 2 aromatic rings. The van der Waals surface area contributed by atoms with Crippen LogP contribution < -0.4 is 5.32 Å². The molecule has 24 heavy (non-hydrogen) atoms. The molecule has 0 saturated carbocycles. The fraction of sp³-hybridized carbons (Fsp3) is 0.389. The molecule has 0 aliphatic carbocycles. The minimum atomic E-state index is -0.755. The highest BCUT2D eigenvalue weighted by atomic mass is 16.4. The van der Waals surface area contributed by atoms with Crippen molar-refractivity contribution in [2.24, 2.45) is 0 Å². The summed E-state index contributed by atoms with van der Waals surface area (Å²) in [5.74, 6) is -0.880. The Balaban J connectivity index is 1.79. The number of carboxylic acid groups (broad SMARTS) is 1. The Bertz CT molecular complexity index is 680. The molecule has 1 amide bonds. The quantitative estimate of drug-likeness (QED) is 0.693. The number of nitrogens with zero attached hydrogens (tertiary/aromatic N) is 2. The van der Waals surface area contributed by atoms with Crippen LogP contribution in [-0.4, -0.2) is 33.3 Å². The Hall–Kier alpha value is -2.63. The molecule has 2 N–H and O–H groups in total. The molecule has 1 aromatic heterocycles. The maximum Gasteiger partial charge on any atom is 0.303 e.